The van der Waals surface area contributed by atoms with Crippen LogP contribution in [0, 0.1) is 0 Å². The number of ether oxygens (including phenoxy) is 2. The van der Waals surface area contributed by atoms with E-state index < -0.39 is 44.1 Å². The number of hydrogen-bond donors (Lipinski definition) is 2. The summed E-state index contributed by atoms with van der Waals surface area (Å²) in [5, 5.41) is 6.63. The fourth-order valence-corrected chi connectivity index (χ4v) is 4.25. The van der Waals surface area contributed by atoms with Crippen LogP contribution in [0.4, 0.5) is 9.59 Å². The van der Waals surface area contributed by atoms with E-state index in [9.17, 15) is 26.4 Å². The molecule has 2 heterocycles. The average molecular weight is 380 g/mol. The van der Waals surface area contributed by atoms with Crippen LogP contribution in [0.1, 0.15) is 0 Å². The monoisotopic (exact) mass is 380 g/mol. The summed E-state index contributed by atoms with van der Waals surface area (Å²) in [7, 11) is -6.61. The summed E-state index contributed by atoms with van der Waals surface area (Å²) < 4.78 is 54.2. The molecule has 24 heavy (non-hydrogen) atoms. The molecule has 2 unspecified atom stereocenters. The van der Waals surface area contributed by atoms with Crippen molar-refractivity contribution in [3.8, 4) is 0 Å². The molecule has 0 saturated carbocycles. The van der Waals surface area contributed by atoms with Gasteiger partial charge >= 0.3 is 12.2 Å². The third-order valence-electron chi connectivity index (χ3n) is 2.97. The smallest absolute Gasteiger partial charge is 0.407 e. The topological polar surface area (TPSA) is 145 Å². The Kier molecular flexibility index (Phi) is 5.49. The quantitative estimate of drug-likeness (QED) is 0.581. The molecule has 0 saturated heterocycles. The predicted octanol–water partition coefficient (Wildman–Crippen LogP) is -0.940. The summed E-state index contributed by atoms with van der Waals surface area (Å²) in [4.78, 5) is 22.8. The van der Waals surface area contributed by atoms with Crippen LogP contribution in [-0.2, 0) is 29.1 Å². The molecule has 2 aliphatic rings. The lowest BCUT2D eigenvalue weighted by atomic mass is 10.4. The second kappa shape index (κ2) is 7.21. The van der Waals surface area contributed by atoms with E-state index in [2.05, 4.69) is 10.6 Å². The second-order valence-electron chi connectivity index (χ2n) is 5.06. The van der Waals surface area contributed by atoms with Gasteiger partial charge in [-0.2, -0.15) is 0 Å². The Hall–Kier alpha value is -2.08. The van der Waals surface area contributed by atoms with Crippen molar-refractivity contribution >= 4 is 31.9 Å². The molecule has 2 N–H and O–H groups in total. The van der Waals surface area contributed by atoms with Crippen molar-refractivity contribution in [1.29, 1.82) is 0 Å². The molecule has 0 fully saturated rings. The highest BCUT2D eigenvalue weighted by Gasteiger charge is 2.25. The van der Waals surface area contributed by atoms with Gasteiger partial charge in [0, 0.05) is 23.9 Å². The molecule has 2 amide bonds. The summed E-state index contributed by atoms with van der Waals surface area (Å²) in [6, 6.07) is 0. The summed E-state index contributed by atoms with van der Waals surface area (Å²) in [5.74, 6) is -0.578. The van der Waals surface area contributed by atoms with E-state index in [0.717, 1.165) is 10.8 Å². The van der Waals surface area contributed by atoms with Gasteiger partial charge < -0.3 is 20.1 Å². The van der Waals surface area contributed by atoms with Crippen LogP contribution >= 0.6 is 0 Å². The van der Waals surface area contributed by atoms with Crippen molar-refractivity contribution in [1.82, 2.24) is 10.6 Å². The molecule has 2 aliphatic heterocycles. The minimum absolute atomic E-state index is 0.0237. The lowest BCUT2D eigenvalue weighted by molar-refractivity contribution is 0.124. The fourth-order valence-electron chi connectivity index (χ4n) is 1.93. The minimum Gasteiger partial charge on any atom is -0.441 e. The predicted molar refractivity (Wildman–Crippen MR) is 82.4 cm³/mol. The maximum Gasteiger partial charge on any atom is 0.407 e. The van der Waals surface area contributed by atoms with Crippen LogP contribution < -0.4 is 10.6 Å². The first-order valence-corrected chi connectivity index (χ1v) is 10.3. The minimum atomic E-state index is -3.30. The van der Waals surface area contributed by atoms with E-state index in [1.165, 1.54) is 12.2 Å². The largest absolute Gasteiger partial charge is 0.441 e. The van der Waals surface area contributed by atoms with Crippen molar-refractivity contribution in [2.45, 2.75) is 12.2 Å². The van der Waals surface area contributed by atoms with Gasteiger partial charge in [-0.25, -0.2) is 26.4 Å². The molecule has 0 spiro atoms. The maximum atomic E-state index is 11.4. The van der Waals surface area contributed by atoms with Gasteiger partial charge in [0.2, 0.25) is 0 Å². The Morgan fingerprint density at radius 1 is 0.833 bits per heavy atom. The van der Waals surface area contributed by atoms with Crippen LogP contribution in [0.5, 0.6) is 0 Å². The second-order valence-corrected chi connectivity index (χ2v) is 8.92. The highest BCUT2D eigenvalue weighted by atomic mass is 32.2. The molecule has 0 aliphatic carbocycles. The zero-order chi connectivity index (χ0) is 17.8. The van der Waals surface area contributed by atoms with E-state index in [1.807, 2.05) is 0 Å². The first-order valence-electron chi connectivity index (χ1n) is 6.86. The summed E-state index contributed by atoms with van der Waals surface area (Å²) in [6.07, 6.45) is -0.752. The number of carbonyl (C=O) groups is 2. The molecule has 0 aromatic carbocycles. The number of amides is 2. The molecule has 0 aromatic rings. The third-order valence-corrected chi connectivity index (χ3v) is 5.70. The van der Waals surface area contributed by atoms with Crippen molar-refractivity contribution in [3.63, 3.8) is 0 Å². The molecule has 0 radical (unpaired) electrons. The number of hydrogen-bond acceptors (Lipinski definition) is 8. The normalized spacial score (nSPS) is 26.0. The van der Waals surface area contributed by atoms with Gasteiger partial charge in [-0.15, -0.1) is 0 Å². The van der Waals surface area contributed by atoms with Crippen LogP contribution in [0.3, 0.4) is 0 Å². The molecular formula is C12H16N2O8S2. The molecule has 10 nitrogen and oxygen atoms in total. The lowest BCUT2D eigenvalue weighted by Gasteiger charge is -2.12. The van der Waals surface area contributed by atoms with Crippen molar-refractivity contribution < 1.29 is 35.9 Å². The molecule has 0 bridgehead atoms. The maximum absolute atomic E-state index is 11.4. The SMILES string of the molecule is O=C(NCCNC(=O)OC1C=CS(=O)(=O)C1)OC1C=CS(=O)(=O)C1. The van der Waals surface area contributed by atoms with Crippen LogP contribution in [0.2, 0.25) is 0 Å². The third kappa shape index (κ3) is 5.85. The van der Waals surface area contributed by atoms with Crippen LogP contribution in [-0.4, -0.2) is 65.8 Å². The first-order chi connectivity index (χ1) is 11.2. The van der Waals surface area contributed by atoms with Gasteiger partial charge in [0.15, 0.2) is 19.7 Å². The Labute approximate surface area is 138 Å². The zero-order valence-corrected chi connectivity index (χ0v) is 14.0. The van der Waals surface area contributed by atoms with Gasteiger partial charge in [0.1, 0.15) is 12.2 Å². The van der Waals surface area contributed by atoms with E-state index in [4.69, 9.17) is 9.47 Å². The lowest BCUT2D eigenvalue weighted by Crippen LogP contribution is -2.37. The molecule has 12 heteroatoms. The van der Waals surface area contributed by atoms with Crippen LogP contribution in [0.25, 0.3) is 0 Å². The molecule has 0 aromatic heterocycles. The number of nitrogens with one attached hydrogen (secondary N) is 2. The van der Waals surface area contributed by atoms with Crippen molar-refractivity contribution in [3.05, 3.63) is 23.0 Å². The van der Waals surface area contributed by atoms with Gasteiger partial charge in [0.25, 0.3) is 0 Å². The molecular weight excluding hydrogens is 364 g/mol. The fraction of sp³-hybridized carbons (Fsp3) is 0.500. The van der Waals surface area contributed by atoms with E-state index in [1.54, 1.807) is 0 Å². The van der Waals surface area contributed by atoms with E-state index in [-0.39, 0.29) is 24.6 Å². The van der Waals surface area contributed by atoms with E-state index >= 15 is 0 Å². The molecule has 2 atom stereocenters. The van der Waals surface area contributed by atoms with Crippen molar-refractivity contribution in [2.24, 2.45) is 0 Å². The Balaban J connectivity index is 1.58. The summed E-state index contributed by atoms with van der Waals surface area (Å²) in [6.45, 7) is 0.0475. The van der Waals surface area contributed by atoms with Gasteiger partial charge in [-0.1, -0.05) is 0 Å². The highest BCUT2D eigenvalue weighted by molar-refractivity contribution is 7.94. The molecule has 2 rings (SSSR count). The Morgan fingerprint density at radius 3 is 1.50 bits per heavy atom. The summed E-state index contributed by atoms with van der Waals surface area (Å²) >= 11 is 0. The zero-order valence-electron chi connectivity index (χ0n) is 12.4. The van der Waals surface area contributed by atoms with Gasteiger partial charge in [0.05, 0.1) is 11.5 Å². The van der Waals surface area contributed by atoms with Gasteiger partial charge in [-0.3, -0.25) is 0 Å². The Morgan fingerprint density at radius 2 is 1.21 bits per heavy atom. The standard InChI is InChI=1S/C12H16N2O8S2/c15-11(21-9-1-5-23(17,18)7-9)13-3-4-14-12(16)22-10-2-6-24(19,20)8-10/h1-2,5-6,9-10H,3-4,7-8H2,(H,13,15)(H,14,16). The van der Waals surface area contributed by atoms with E-state index in [0.29, 0.717) is 0 Å². The number of carbonyl (C=O) groups excluding carboxylic acids is 2. The first kappa shape index (κ1) is 18.3. The number of sulfone groups is 2. The number of alkyl carbamates (subject to hydrolysis) is 2. The van der Waals surface area contributed by atoms with Crippen LogP contribution in [0.15, 0.2) is 23.0 Å². The molecule has 134 valence electrons. The average Bonchev–Trinajstić information content (AvgIpc) is 2.96. The van der Waals surface area contributed by atoms with Crippen molar-refractivity contribution in [2.75, 3.05) is 24.6 Å². The Bertz CT molecular complexity index is 703. The highest BCUT2D eigenvalue weighted by Crippen LogP contribution is 2.12. The summed E-state index contributed by atoms with van der Waals surface area (Å²) in [5.41, 5.74) is 0. The van der Waals surface area contributed by atoms with Gasteiger partial charge in [-0.05, 0) is 12.2 Å². The number of rotatable bonds is 5.